The molecule has 2 aromatic carbocycles. The maximum Gasteiger partial charge on any atom is 0.271 e. The van der Waals surface area contributed by atoms with Crippen molar-refractivity contribution in [2.75, 3.05) is 55.4 Å². The van der Waals surface area contributed by atoms with Crippen LogP contribution in [0.4, 0.5) is 22.7 Å². The Labute approximate surface area is 196 Å². The van der Waals surface area contributed by atoms with Crippen LogP contribution in [0.5, 0.6) is 0 Å². The molecular formula is C22H26ClN5O5. The monoisotopic (exact) mass is 475 g/mol. The van der Waals surface area contributed by atoms with Crippen molar-refractivity contribution in [3.8, 4) is 0 Å². The second-order valence-corrected chi connectivity index (χ2v) is 8.10. The van der Waals surface area contributed by atoms with Gasteiger partial charge in [-0.2, -0.15) is 0 Å². The summed E-state index contributed by atoms with van der Waals surface area (Å²) in [6, 6.07) is 10.7. The van der Waals surface area contributed by atoms with Gasteiger partial charge in [0.05, 0.1) is 41.4 Å². The van der Waals surface area contributed by atoms with E-state index in [0.717, 1.165) is 18.8 Å². The van der Waals surface area contributed by atoms with Crippen LogP contribution in [0.1, 0.15) is 6.92 Å². The van der Waals surface area contributed by atoms with Crippen molar-refractivity contribution < 1.29 is 19.2 Å². The number of benzene rings is 2. The second kappa shape index (κ2) is 11.1. The molecule has 0 bridgehead atoms. The van der Waals surface area contributed by atoms with Crippen LogP contribution in [0.25, 0.3) is 0 Å². The average molecular weight is 476 g/mol. The normalized spacial score (nSPS) is 14.6. The predicted octanol–water partition coefficient (Wildman–Crippen LogP) is 2.98. The molecule has 0 spiro atoms. The van der Waals surface area contributed by atoms with Gasteiger partial charge in [-0.25, -0.2) is 0 Å². The number of nitro groups is 1. The van der Waals surface area contributed by atoms with Crippen molar-refractivity contribution in [2.24, 2.45) is 0 Å². The van der Waals surface area contributed by atoms with Gasteiger partial charge in [-0.3, -0.25) is 24.6 Å². The number of anilines is 3. The highest BCUT2D eigenvalue weighted by molar-refractivity contribution is 6.33. The third-order valence-corrected chi connectivity index (χ3v) is 5.71. The van der Waals surface area contributed by atoms with Crippen molar-refractivity contribution >= 4 is 46.2 Å². The number of hydrogen-bond donors (Lipinski definition) is 2. The van der Waals surface area contributed by atoms with Crippen LogP contribution >= 0.6 is 11.6 Å². The molecular weight excluding hydrogens is 450 g/mol. The minimum Gasteiger partial charge on any atom is -0.378 e. The number of carbonyl (C=O) groups is 2. The molecule has 1 aliphatic heterocycles. The summed E-state index contributed by atoms with van der Waals surface area (Å²) in [6.07, 6.45) is 0. The molecule has 0 unspecified atom stereocenters. The van der Waals surface area contributed by atoms with Crippen molar-refractivity contribution in [3.63, 3.8) is 0 Å². The summed E-state index contributed by atoms with van der Waals surface area (Å²) in [5.41, 5.74) is 1.68. The zero-order chi connectivity index (χ0) is 24.0. The molecule has 1 aliphatic rings. The van der Waals surface area contributed by atoms with Crippen LogP contribution in [0.15, 0.2) is 42.5 Å². The Morgan fingerprint density at radius 1 is 1.18 bits per heavy atom. The highest BCUT2D eigenvalue weighted by Crippen LogP contribution is 2.27. The zero-order valence-corrected chi connectivity index (χ0v) is 19.2. The number of amides is 2. The van der Waals surface area contributed by atoms with Crippen molar-refractivity contribution in [1.29, 1.82) is 0 Å². The van der Waals surface area contributed by atoms with E-state index in [0.29, 0.717) is 18.9 Å². The molecule has 0 radical (unpaired) electrons. The first-order valence-corrected chi connectivity index (χ1v) is 10.8. The van der Waals surface area contributed by atoms with Gasteiger partial charge in [0.1, 0.15) is 0 Å². The molecule has 1 saturated heterocycles. The molecule has 1 fully saturated rings. The summed E-state index contributed by atoms with van der Waals surface area (Å²) in [6.45, 7) is 4.66. The number of carbonyl (C=O) groups excluding carboxylic acids is 2. The Morgan fingerprint density at radius 3 is 2.48 bits per heavy atom. The number of ether oxygens (including phenoxy) is 1. The van der Waals surface area contributed by atoms with Crippen molar-refractivity contribution in [1.82, 2.24) is 4.90 Å². The lowest BCUT2D eigenvalue weighted by atomic mass is 10.2. The van der Waals surface area contributed by atoms with Gasteiger partial charge in [-0.1, -0.05) is 11.6 Å². The van der Waals surface area contributed by atoms with Crippen LogP contribution < -0.4 is 15.5 Å². The number of nitro benzene ring substituents is 1. The SMILES string of the molecule is C[C@@H](C(=O)Nc1cc([N+](=O)[O-])ccc1Cl)N(C)CC(=O)Nc1ccc(N2CCOCC2)cc1. The Balaban J connectivity index is 1.53. The smallest absolute Gasteiger partial charge is 0.271 e. The quantitative estimate of drug-likeness (QED) is 0.445. The Morgan fingerprint density at radius 2 is 1.85 bits per heavy atom. The second-order valence-electron chi connectivity index (χ2n) is 7.70. The minimum absolute atomic E-state index is 0.0253. The van der Waals surface area contributed by atoms with E-state index < -0.39 is 16.9 Å². The van der Waals surface area contributed by atoms with Crippen LogP contribution in [0.2, 0.25) is 5.02 Å². The topological polar surface area (TPSA) is 117 Å². The number of likely N-dealkylation sites (N-methyl/N-ethyl adjacent to an activating group) is 1. The summed E-state index contributed by atoms with van der Waals surface area (Å²) < 4.78 is 5.36. The summed E-state index contributed by atoms with van der Waals surface area (Å²) in [5, 5.41) is 16.5. The zero-order valence-electron chi connectivity index (χ0n) is 18.4. The number of hydrogen-bond acceptors (Lipinski definition) is 7. The molecule has 1 heterocycles. The van der Waals surface area contributed by atoms with E-state index in [-0.39, 0.29) is 28.8 Å². The molecule has 2 amide bonds. The fourth-order valence-electron chi connectivity index (χ4n) is 3.30. The van der Waals surface area contributed by atoms with E-state index in [4.69, 9.17) is 16.3 Å². The van der Waals surface area contributed by atoms with E-state index in [1.807, 2.05) is 24.3 Å². The molecule has 11 heteroatoms. The van der Waals surface area contributed by atoms with Gasteiger partial charge in [0.2, 0.25) is 11.8 Å². The predicted molar refractivity (Wildman–Crippen MR) is 127 cm³/mol. The van der Waals surface area contributed by atoms with Crippen molar-refractivity contribution in [2.45, 2.75) is 13.0 Å². The first-order chi connectivity index (χ1) is 15.7. The van der Waals surface area contributed by atoms with Gasteiger partial charge in [0.25, 0.3) is 5.69 Å². The standard InChI is InChI=1S/C22H26ClN5O5/c1-15(22(30)25-20-13-18(28(31)32)7-8-19(20)23)26(2)14-21(29)24-16-3-5-17(6-4-16)27-9-11-33-12-10-27/h3-8,13,15H,9-12,14H2,1-2H3,(H,24,29)(H,25,30)/t15-/m0/s1. The summed E-state index contributed by atoms with van der Waals surface area (Å²) in [4.78, 5) is 39.2. The Kier molecular flexibility index (Phi) is 8.21. The molecule has 3 rings (SSSR count). The van der Waals surface area contributed by atoms with Gasteiger partial charge in [-0.05, 0) is 44.3 Å². The van der Waals surface area contributed by atoms with E-state index in [1.54, 1.807) is 18.9 Å². The number of nitrogens with one attached hydrogen (secondary N) is 2. The Bertz CT molecular complexity index is 1010. The van der Waals surface area contributed by atoms with Crippen molar-refractivity contribution in [3.05, 3.63) is 57.6 Å². The molecule has 0 aromatic heterocycles. The Hall–Kier alpha value is -3.21. The largest absolute Gasteiger partial charge is 0.378 e. The maximum absolute atomic E-state index is 12.6. The number of rotatable bonds is 8. The summed E-state index contributed by atoms with van der Waals surface area (Å²) in [5.74, 6) is -0.716. The number of morpholine rings is 1. The fourth-order valence-corrected chi connectivity index (χ4v) is 3.47. The van der Waals surface area contributed by atoms with E-state index in [9.17, 15) is 19.7 Å². The molecule has 1 atom stereocenters. The lowest BCUT2D eigenvalue weighted by Crippen LogP contribution is -2.43. The van der Waals surface area contributed by atoms with Crippen LogP contribution in [0, 0.1) is 10.1 Å². The molecule has 2 N–H and O–H groups in total. The molecule has 0 aliphatic carbocycles. The van der Waals surface area contributed by atoms with Gasteiger partial charge in [-0.15, -0.1) is 0 Å². The summed E-state index contributed by atoms with van der Waals surface area (Å²) in [7, 11) is 1.64. The summed E-state index contributed by atoms with van der Waals surface area (Å²) >= 11 is 6.04. The molecule has 176 valence electrons. The van der Waals surface area contributed by atoms with Gasteiger partial charge < -0.3 is 20.3 Å². The first kappa shape index (κ1) is 24.4. The van der Waals surface area contributed by atoms with E-state index >= 15 is 0 Å². The van der Waals surface area contributed by atoms with Gasteiger partial charge in [0.15, 0.2) is 0 Å². The minimum atomic E-state index is -0.685. The molecule has 33 heavy (non-hydrogen) atoms. The van der Waals surface area contributed by atoms with Crippen LogP contribution in [-0.2, 0) is 14.3 Å². The van der Waals surface area contributed by atoms with E-state index in [2.05, 4.69) is 15.5 Å². The fraction of sp³-hybridized carbons (Fsp3) is 0.364. The highest BCUT2D eigenvalue weighted by Gasteiger charge is 2.22. The highest BCUT2D eigenvalue weighted by atomic mass is 35.5. The van der Waals surface area contributed by atoms with Crippen LogP contribution in [0.3, 0.4) is 0 Å². The third-order valence-electron chi connectivity index (χ3n) is 5.38. The number of non-ortho nitro benzene ring substituents is 1. The van der Waals surface area contributed by atoms with Gasteiger partial charge in [0, 0.05) is 36.6 Å². The lowest BCUT2D eigenvalue weighted by Gasteiger charge is -2.29. The third kappa shape index (κ3) is 6.64. The van der Waals surface area contributed by atoms with Gasteiger partial charge >= 0.3 is 0 Å². The lowest BCUT2D eigenvalue weighted by molar-refractivity contribution is -0.384. The van der Waals surface area contributed by atoms with Crippen LogP contribution in [-0.4, -0.2) is 67.6 Å². The first-order valence-electron chi connectivity index (χ1n) is 10.4. The number of halogens is 1. The molecule has 10 nitrogen and oxygen atoms in total. The van der Waals surface area contributed by atoms with E-state index in [1.165, 1.54) is 18.2 Å². The average Bonchev–Trinajstić information content (AvgIpc) is 2.80. The molecule has 2 aromatic rings. The molecule has 0 saturated carbocycles. The number of nitrogens with zero attached hydrogens (tertiary/aromatic N) is 3. The maximum atomic E-state index is 12.6.